The highest BCUT2D eigenvalue weighted by Crippen LogP contribution is 2.07. The van der Waals surface area contributed by atoms with Gasteiger partial charge in [-0.15, -0.1) is 0 Å². The zero-order valence-corrected chi connectivity index (χ0v) is 10.3. The number of nitrogen functional groups attached to an aromatic ring is 1. The zero-order valence-electron chi connectivity index (χ0n) is 10.3. The first-order valence-electron chi connectivity index (χ1n) is 5.86. The molecule has 4 N–H and O–H groups in total. The molecule has 98 valence electrons. The minimum atomic E-state index is -0.911. The standard InChI is InChI=1S/C13H18N2O3/c1-2-11(8-13(17)18)15-12(16)7-9-4-3-5-10(14)6-9/h3-6,11H,2,7-8,14H2,1H3,(H,15,16)(H,17,18). The van der Waals surface area contributed by atoms with Gasteiger partial charge in [0, 0.05) is 11.7 Å². The molecule has 1 unspecified atom stereocenters. The van der Waals surface area contributed by atoms with Crippen LogP contribution in [0.25, 0.3) is 0 Å². The maximum Gasteiger partial charge on any atom is 0.305 e. The number of anilines is 1. The lowest BCUT2D eigenvalue weighted by Gasteiger charge is -2.14. The third-order valence-electron chi connectivity index (χ3n) is 2.59. The molecule has 0 aliphatic carbocycles. The van der Waals surface area contributed by atoms with Crippen molar-refractivity contribution < 1.29 is 14.7 Å². The van der Waals surface area contributed by atoms with Gasteiger partial charge in [0.1, 0.15) is 0 Å². The zero-order chi connectivity index (χ0) is 13.5. The van der Waals surface area contributed by atoms with Crippen molar-refractivity contribution in [3.05, 3.63) is 29.8 Å². The number of hydrogen-bond donors (Lipinski definition) is 3. The van der Waals surface area contributed by atoms with Crippen LogP contribution in [-0.2, 0) is 16.0 Å². The van der Waals surface area contributed by atoms with Gasteiger partial charge in [-0.25, -0.2) is 0 Å². The predicted octanol–water partition coefficient (Wildman–Crippen LogP) is 1.18. The number of rotatable bonds is 6. The summed E-state index contributed by atoms with van der Waals surface area (Å²) in [6, 6.07) is 6.76. The molecular weight excluding hydrogens is 232 g/mol. The highest BCUT2D eigenvalue weighted by molar-refractivity contribution is 5.80. The molecule has 18 heavy (non-hydrogen) atoms. The van der Waals surface area contributed by atoms with Gasteiger partial charge in [0.25, 0.3) is 0 Å². The largest absolute Gasteiger partial charge is 0.481 e. The maximum absolute atomic E-state index is 11.7. The number of hydrogen-bond acceptors (Lipinski definition) is 3. The minimum Gasteiger partial charge on any atom is -0.481 e. The second-order valence-electron chi connectivity index (χ2n) is 4.19. The Morgan fingerprint density at radius 2 is 2.17 bits per heavy atom. The van der Waals surface area contributed by atoms with Crippen molar-refractivity contribution in [1.29, 1.82) is 0 Å². The summed E-state index contributed by atoms with van der Waals surface area (Å²) in [6.45, 7) is 1.84. The summed E-state index contributed by atoms with van der Waals surface area (Å²) in [5.41, 5.74) is 7.04. The van der Waals surface area contributed by atoms with E-state index in [-0.39, 0.29) is 24.8 Å². The van der Waals surface area contributed by atoms with Crippen LogP contribution in [0, 0.1) is 0 Å². The number of carboxylic acid groups (broad SMARTS) is 1. The Bertz CT molecular complexity index is 432. The summed E-state index contributed by atoms with van der Waals surface area (Å²) in [5.74, 6) is -1.10. The lowest BCUT2D eigenvalue weighted by atomic mass is 10.1. The van der Waals surface area contributed by atoms with E-state index in [4.69, 9.17) is 10.8 Å². The van der Waals surface area contributed by atoms with Gasteiger partial charge in [0.05, 0.1) is 12.8 Å². The number of carbonyl (C=O) groups is 2. The van der Waals surface area contributed by atoms with E-state index in [2.05, 4.69) is 5.32 Å². The number of nitrogens with one attached hydrogen (secondary N) is 1. The fourth-order valence-corrected chi connectivity index (χ4v) is 1.68. The van der Waals surface area contributed by atoms with Gasteiger partial charge in [-0.05, 0) is 24.1 Å². The smallest absolute Gasteiger partial charge is 0.305 e. The normalized spacial score (nSPS) is 11.8. The first-order chi connectivity index (χ1) is 8.51. The van der Waals surface area contributed by atoms with E-state index in [9.17, 15) is 9.59 Å². The molecule has 1 aromatic rings. The molecule has 0 saturated heterocycles. The van der Waals surface area contributed by atoms with Crippen LogP contribution in [0.5, 0.6) is 0 Å². The van der Waals surface area contributed by atoms with Gasteiger partial charge in [0.2, 0.25) is 5.91 Å². The maximum atomic E-state index is 11.7. The van der Waals surface area contributed by atoms with E-state index in [0.29, 0.717) is 12.1 Å². The molecule has 0 fully saturated rings. The number of aliphatic carboxylic acids is 1. The van der Waals surface area contributed by atoms with Gasteiger partial charge in [-0.2, -0.15) is 0 Å². The lowest BCUT2D eigenvalue weighted by Crippen LogP contribution is -2.36. The predicted molar refractivity (Wildman–Crippen MR) is 69.0 cm³/mol. The van der Waals surface area contributed by atoms with Gasteiger partial charge in [0.15, 0.2) is 0 Å². The van der Waals surface area contributed by atoms with E-state index in [1.165, 1.54) is 0 Å². The quantitative estimate of drug-likeness (QED) is 0.661. The summed E-state index contributed by atoms with van der Waals surface area (Å²) < 4.78 is 0. The Morgan fingerprint density at radius 3 is 2.72 bits per heavy atom. The minimum absolute atomic E-state index is 0.0564. The Hall–Kier alpha value is -2.04. The molecular formula is C13H18N2O3. The fourth-order valence-electron chi connectivity index (χ4n) is 1.68. The van der Waals surface area contributed by atoms with E-state index in [1.807, 2.05) is 13.0 Å². The number of carboxylic acids is 1. The molecule has 0 aliphatic heterocycles. The summed E-state index contributed by atoms with van der Waals surface area (Å²) in [4.78, 5) is 22.3. The first kappa shape index (κ1) is 14.0. The van der Waals surface area contributed by atoms with E-state index >= 15 is 0 Å². The Kier molecular flexibility index (Phi) is 5.17. The Balaban J connectivity index is 2.52. The van der Waals surface area contributed by atoms with Crippen LogP contribution in [-0.4, -0.2) is 23.0 Å². The van der Waals surface area contributed by atoms with Crippen molar-refractivity contribution in [3.8, 4) is 0 Å². The molecule has 0 heterocycles. The van der Waals surface area contributed by atoms with Crippen LogP contribution in [0.3, 0.4) is 0 Å². The topological polar surface area (TPSA) is 92.4 Å². The molecule has 5 nitrogen and oxygen atoms in total. The van der Waals surface area contributed by atoms with Crippen LogP contribution in [0.15, 0.2) is 24.3 Å². The van der Waals surface area contributed by atoms with E-state index in [0.717, 1.165) is 5.56 Å². The molecule has 1 aromatic carbocycles. The molecule has 0 radical (unpaired) electrons. The molecule has 1 rings (SSSR count). The SMILES string of the molecule is CCC(CC(=O)O)NC(=O)Cc1cccc(N)c1. The number of nitrogens with two attached hydrogens (primary N) is 1. The Labute approximate surface area is 106 Å². The molecule has 0 bridgehead atoms. The van der Waals surface area contributed by atoms with Gasteiger partial charge < -0.3 is 16.2 Å². The highest BCUT2D eigenvalue weighted by atomic mass is 16.4. The van der Waals surface area contributed by atoms with Crippen molar-refractivity contribution in [2.45, 2.75) is 32.2 Å². The van der Waals surface area contributed by atoms with E-state index < -0.39 is 5.97 Å². The van der Waals surface area contributed by atoms with Crippen LogP contribution in [0.1, 0.15) is 25.3 Å². The molecule has 0 spiro atoms. The third-order valence-corrected chi connectivity index (χ3v) is 2.59. The summed E-state index contributed by atoms with van der Waals surface area (Å²) in [7, 11) is 0. The van der Waals surface area contributed by atoms with Gasteiger partial charge in [-0.1, -0.05) is 19.1 Å². The van der Waals surface area contributed by atoms with Crippen LogP contribution in [0.2, 0.25) is 0 Å². The highest BCUT2D eigenvalue weighted by Gasteiger charge is 2.14. The molecule has 5 heteroatoms. The van der Waals surface area contributed by atoms with Crippen LogP contribution < -0.4 is 11.1 Å². The summed E-state index contributed by atoms with van der Waals surface area (Å²) in [6.07, 6.45) is 0.745. The molecule has 0 aromatic heterocycles. The number of amides is 1. The second kappa shape index (κ2) is 6.64. The van der Waals surface area contributed by atoms with Gasteiger partial charge in [-0.3, -0.25) is 9.59 Å². The van der Waals surface area contributed by atoms with Crippen LogP contribution >= 0.6 is 0 Å². The van der Waals surface area contributed by atoms with Crippen molar-refractivity contribution >= 4 is 17.6 Å². The first-order valence-corrected chi connectivity index (χ1v) is 5.86. The fraction of sp³-hybridized carbons (Fsp3) is 0.385. The van der Waals surface area contributed by atoms with E-state index in [1.54, 1.807) is 18.2 Å². The average molecular weight is 250 g/mol. The lowest BCUT2D eigenvalue weighted by molar-refractivity contribution is -0.137. The van der Waals surface area contributed by atoms with Gasteiger partial charge >= 0.3 is 5.97 Å². The molecule has 0 aliphatic rings. The summed E-state index contributed by atoms with van der Waals surface area (Å²) in [5, 5.41) is 11.4. The van der Waals surface area contributed by atoms with Crippen LogP contribution in [0.4, 0.5) is 5.69 Å². The monoisotopic (exact) mass is 250 g/mol. The van der Waals surface area contributed by atoms with Crippen molar-refractivity contribution in [2.75, 3.05) is 5.73 Å². The second-order valence-corrected chi connectivity index (χ2v) is 4.19. The average Bonchev–Trinajstić information content (AvgIpc) is 2.27. The van der Waals surface area contributed by atoms with Crippen molar-refractivity contribution in [3.63, 3.8) is 0 Å². The van der Waals surface area contributed by atoms with Crippen molar-refractivity contribution in [1.82, 2.24) is 5.32 Å². The number of benzene rings is 1. The molecule has 1 amide bonds. The van der Waals surface area contributed by atoms with Crippen molar-refractivity contribution in [2.24, 2.45) is 0 Å². The molecule has 1 atom stereocenters. The Morgan fingerprint density at radius 1 is 1.44 bits per heavy atom. The molecule has 0 saturated carbocycles. The third kappa shape index (κ3) is 4.86. The number of carbonyl (C=O) groups excluding carboxylic acids is 1. The summed E-state index contributed by atoms with van der Waals surface area (Å²) >= 11 is 0.